The molecule has 1 aromatic heterocycles. The van der Waals surface area contributed by atoms with E-state index in [0.29, 0.717) is 0 Å². The molecule has 0 aliphatic rings. The van der Waals surface area contributed by atoms with Crippen LogP contribution in [0, 0.1) is 13.8 Å². The second-order valence-corrected chi connectivity index (χ2v) is 3.88. The largest absolute Gasteiger partial charge is 0.464 e. The van der Waals surface area contributed by atoms with Crippen LogP contribution >= 0.6 is 22.6 Å². The van der Waals surface area contributed by atoms with Gasteiger partial charge in [0.25, 0.3) is 12.1 Å². The number of hydrogen-bond donors (Lipinski definition) is 0. The fourth-order valence-corrected chi connectivity index (χ4v) is 1.67. The summed E-state index contributed by atoms with van der Waals surface area (Å²) in [7, 11) is 0.977. The van der Waals surface area contributed by atoms with Gasteiger partial charge in [0.1, 0.15) is 9.26 Å². The zero-order chi connectivity index (χ0) is 13.2. The highest BCUT2D eigenvalue weighted by atomic mass is 127. The van der Waals surface area contributed by atoms with Crippen LogP contribution in [0.1, 0.15) is 22.5 Å². The third kappa shape index (κ3) is 2.84. The molecule has 0 aliphatic carbocycles. The van der Waals surface area contributed by atoms with Crippen LogP contribution in [-0.2, 0) is 4.74 Å². The average molecular weight is 358 g/mol. The summed E-state index contributed by atoms with van der Waals surface area (Å²) in [6, 6.07) is 0.870. The van der Waals surface area contributed by atoms with Gasteiger partial charge in [-0.3, -0.25) is 10.1 Å². The lowest BCUT2D eigenvalue weighted by atomic mass is 10.1. The molecule has 0 saturated carbocycles. The summed E-state index contributed by atoms with van der Waals surface area (Å²) < 4.78 is 29.8. The van der Waals surface area contributed by atoms with Crippen molar-refractivity contribution in [1.82, 2.24) is 4.98 Å². The molecule has 1 rings (SSSR count). The normalized spacial score (nSPS) is 10.4. The van der Waals surface area contributed by atoms with Gasteiger partial charge in [-0.15, -0.1) is 0 Å². The maximum atomic E-state index is 12.7. The number of methoxy groups -OCH3 is 1. The van der Waals surface area contributed by atoms with Crippen LogP contribution < -0.4 is 0 Å². The van der Waals surface area contributed by atoms with Crippen LogP contribution in [0.15, 0.2) is 6.07 Å². The Morgan fingerprint density at radius 1 is 1.65 bits per heavy atom. The number of carbonyl (C=O) groups is 1. The number of alkyl halides is 2. The minimum absolute atomic E-state index is 0.0547. The van der Waals surface area contributed by atoms with Gasteiger partial charge in [0.2, 0.25) is 0 Å². The Morgan fingerprint density at radius 3 is 2.65 bits per heavy atom. The van der Waals surface area contributed by atoms with Gasteiger partial charge in [-0.1, -0.05) is 0 Å². The highest BCUT2D eigenvalue weighted by Crippen LogP contribution is 2.32. The smallest absolute Gasteiger partial charge is 0.357 e. The highest BCUT2D eigenvalue weighted by Gasteiger charge is 2.31. The fourth-order valence-electron chi connectivity index (χ4n) is 1.13. The first-order valence-electron chi connectivity index (χ1n) is 4.09. The molecular weight excluding hydrogens is 353 g/mol. The van der Waals surface area contributed by atoms with Gasteiger partial charge < -0.3 is 4.74 Å². The Balaban J connectivity index is 3.57. The van der Waals surface area contributed by atoms with Crippen molar-refractivity contribution in [3.8, 4) is 0 Å². The quantitative estimate of drug-likeness (QED) is 0.272. The molecule has 0 N–H and O–H groups in total. The summed E-state index contributed by atoms with van der Waals surface area (Å²) in [4.78, 5) is 24.4. The van der Waals surface area contributed by atoms with Crippen molar-refractivity contribution in [3.05, 3.63) is 31.1 Å². The standard InChI is InChI=1S/C8H5F2IN2O4/c1-17-8(14)6-5(7(9)10)3(13(15)16)2-4(11)12-6/h2,7H,1H3. The van der Waals surface area contributed by atoms with Crippen LogP contribution in [0.3, 0.4) is 0 Å². The predicted octanol–water partition coefficient (Wildman–Crippen LogP) is 2.32. The molecule has 0 amide bonds. The molecule has 0 bridgehead atoms. The van der Waals surface area contributed by atoms with E-state index in [9.17, 15) is 23.7 Å². The molecule has 0 aromatic carbocycles. The van der Waals surface area contributed by atoms with Gasteiger partial charge in [-0.2, -0.15) is 0 Å². The number of rotatable bonds is 3. The molecule has 0 unspecified atom stereocenters. The van der Waals surface area contributed by atoms with Gasteiger partial charge in [0.15, 0.2) is 5.69 Å². The molecule has 1 aromatic rings. The molecule has 0 radical (unpaired) electrons. The Labute approximate surface area is 107 Å². The molecule has 0 spiro atoms. The minimum atomic E-state index is -3.19. The van der Waals surface area contributed by atoms with Crippen molar-refractivity contribution in [2.75, 3.05) is 7.11 Å². The van der Waals surface area contributed by atoms with Crippen molar-refractivity contribution in [2.45, 2.75) is 6.43 Å². The van der Waals surface area contributed by atoms with Crippen molar-refractivity contribution < 1.29 is 23.2 Å². The Kier molecular flexibility index (Phi) is 4.26. The van der Waals surface area contributed by atoms with E-state index in [4.69, 9.17) is 0 Å². The van der Waals surface area contributed by atoms with Gasteiger partial charge in [-0.25, -0.2) is 18.6 Å². The molecule has 0 aliphatic heterocycles. The van der Waals surface area contributed by atoms with E-state index in [2.05, 4.69) is 9.72 Å². The zero-order valence-corrected chi connectivity index (χ0v) is 10.5. The predicted molar refractivity (Wildman–Crippen MR) is 59.9 cm³/mol. The number of halogens is 3. The van der Waals surface area contributed by atoms with Crippen LogP contribution in [0.2, 0.25) is 0 Å². The minimum Gasteiger partial charge on any atom is -0.464 e. The number of esters is 1. The van der Waals surface area contributed by atoms with Crippen molar-refractivity contribution >= 4 is 34.2 Å². The van der Waals surface area contributed by atoms with Crippen LogP contribution in [0.25, 0.3) is 0 Å². The average Bonchev–Trinajstić information content (AvgIpc) is 2.26. The third-order valence-corrected chi connectivity index (χ3v) is 2.35. The monoisotopic (exact) mass is 358 g/mol. The van der Waals surface area contributed by atoms with E-state index in [1.54, 1.807) is 22.6 Å². The molecule has 92 valence electrons. The first-order chi connectivity index (χ1) is 7.88. The highest BCUT2D eigenvalue weighted by molar-refractivity contribution is 14.1. The SMILES string of the molecule is COC(=O)c1nc(I)cc([N+](=O)[O-])c1C(F)F. The zero-order valence-electron chi connectivity index (χ0n) is 8.32. The Hall–Kier alpha value is -1.39. The molecule has 17 heavy (non-hydrogen) atoms. The van der Waals surface area contributed by atoms with Gasteiger partial charge >= 0.3 is 5.97 Å². The molecule has 9 heteroatoms. The van der Waals surface area contributed by atoms with E-state index in [1.807, 2.05) is 0 Å². The summed E-state index contributed by atoms with van der Waals surface area (Å²) in [6.45, 7) is 0. The second kappa shape index (κ2) is 5.29. The van der Waals surface area contributed by atoms with E-state index in [-0.39, 0.29) is 3.70 Å². The van der Waals surface area contributed by atoms with Crippen LogP contribution in [0.4, 0.5) is 14.5 Å². The maximum Gasteiger partial charge on any atom is 0.357 e. The number of pyridine rings is 1. The molecule has 0 atom stereocenters. The van der Waals surface area contributed by atoms with E-state index in [0.717, 1.165) is 13.2 Å². The van der Waals surface area contributed by atoms with E-state index < -0.39 is 34.3 Å². The third-order valence-electron chi connectivity index (χ3n) is 1.80. The molecule has 0 fully saturated rings. The van der Waals surface area contributed by atoms with Crippen molar-refractivity contribution in [2.24, 2.45) is 0 Å². The first-order valence-corrected chi connectivity index (χ1v) is 5.17. The number of ether oxygens (including phenoxy) is 1. The van der Waals surface area contributed by atoms with E-state index in [1.165, 1.54) is 0 Å². The number of carbonyl (C=O) groups excluding carboxylic acids is 1. The number of nitro groups is 1. The summed E-state index contributed by atoms with van der Waals surface area (Å²) in [5.41, 5.74) is -2.61. The lowest BCUT2D eigenvalue weighted by Crippen LogP contribution is -2.12. The molecule has 1 heterocycles. The summed E-state index contributed by atoms with van der Waals surface area (Å²) in [5.74, 6) is -1.14. The van der Waals surface area contributed by atoms with Gasteiger partial charge in [-0.05, 0) is 22.6 Å². The second-order valence-electron chi connectivity index (χ2n) is 2.78. The Bertz CT molecular complexity index is 481. The number of nitrogens with zero attached hydrogens (tertiary/aromatic N) is 2. The summed E-state index contributed by atoms with van der Waals surface area (Å²) in [6.07, 6.45) is -3.19. The summed E-state index contributed by atoms with van der Waals surface area (Å²) in [5, 5.41) is 10.6. The first kappa shape index (κ1) is 13.7. The molecule has 0 saturated heterocycles. The van der Waals surface area contributed by atoms with Crippen LogP contribution in [0.5, 0.6) is 0 Å². The Morgan fingerprint density at radius 2 is 2.24 bits per heavy atom. The molecular formula is C8H5F2IN2O4. The van der Waals surface area contributed by atoms with Crippen molar-refractivity contribution in [1.29, 1.82) is 0 Å². The number of aromatic nitrogens is 1. The van der Waals surface area contributed by atoms with Crippen molar-refractivity contribution in [3.63, 3.8) is 0 Å². The summed E-state index contributed by atoms with van der Waals surface area (Å²) >= 11 is 1.59. The topological polar surface area (TPSA) is 82.3 Å². The number of hydrogen-bond acceptors (Lipinski definition) is 5. The van der Waals surface area contributed by atoms with Gasteiger partial charge in [0, 0.05) is 6.07 Å². The lowest BCUT2D eigenvalue weighted by Gasteiger charge is -2.07. The maximum absolute atomic E-state index is 12.7. The van der Waals surface area contributed by atoms with E-state index >= 15 is 0 Å². The fraction of sp³-hybridized carbons (Fsp3) is 0.250. The van der Waals surface area contributed by atoms with Gasteiger partial charge in [0.05, 0.1) is 12.0 Å². The molecule has 6 nitrogen and oxygen atoms in total. The lowest BCUT2D eigenvalue weighted by molar-refractivity contribution is -0.386. The van der Waals surface area contributed by atoms with Crippen LogP contribution in [-0.4, -0.2) is 23.0 Å².